The Labute approximate surface area is 116 Å². The van der Waals surface area contributed by atoms with Gasteiger partial charge in [0.1, 0.15) is 0 Å². The van der Waals surface area contributed by atoms with Gasteiger partial charge < -0.3 is 15.2 Å². The number of carbonyl (C=O) groups is 1. The number of rotatable bonds is 5. The van der Waals surface area contributed by atoms with E-state index in [0.29, 0.717) is 17.1 Å². The van der Waals surface area contributed by atoms with Gasteiger partial charge in [-0.15, -0.1) is 0 Å². The van der Waals surface area contributed by atoms with E-state index in [-0.39, 0.29) is 18.2 Å². The minimum atomic E-state index is -0.111. The molecule has 5 heteroatoms. The van der Waals surface area contributed by atoms with Gasteiger partial charge in [0, 0.05) is 5.56 Å². The quantitative estimate of drug-likeness (QED) is 0.849. The fourth-order valence-electron chi connectivity index (χ4n) is 1.87. The van der Waals surface area contributed by atoms with Crippen LogP contribution in [0.2, 0.25) is 0 Å². The molecule has 0 atom stereocenters. The molecule has 0 unspecified atom stereocenters. The van der Waals surface area contributed by atoms with Crippen molar-refractivity contribution in [2.75, 3.05) is 20.8 Å². The van der Waals surface area contributed by atoms with Gasteiger partial charge in [0.2, 0.25) is 0 Å². The normalized spacial score (nSPS) is 10.6. The van der Waals surface area contributed by atoms with Gasteiger partial charge in [-0.1, -0.05) is 13.8 Å². The molecule has 0 heterocycles. The van der Waals surface area contributed by atoms with Crippen molar-refractivity contribution in [1.82, 2.24) is 0 Å². The van der Waals surface area contributed by atoms with Gasteiger partial charge >= 0.3 is 0 Å². The van der Waals surface area contributed by atoms with Crippen molar-refractivity contribution in [3.05, 3.63) is 21.7 Å². The van der Waals surface area contributed by atoms with Crippen LogP contribution in [-0.4, -0.2) is 26.5 Å². The maximum Gasteiger partial charge on any atom is 0.176 e. The largest absolute Gasteiger partial charge is 0.493 e. The van der Waals surface area contributed by atoms with Gasteiger partial charge in [0.25, 0.3) is 0 Å². The molecule has 2 N–H and O–H groups in total. The zero-order valence-electron chi connectivity index (χ0n) is 11.0. The van der Waals surface area contributed by atoms with Crippen LogP contribution < -0.4 is 15.2 Å². The smallest absolute Gasteiger partial charge is 0.176 e. The molecule has 0 aliphatic rings. The van der Waals surface area contributed by atoms with E-state index in [4.69, 9.17) is 15.2 Å². The molecule has 0 saturated heterocycles. The summed E-state index contributed by atoms with van der Waals surface area (Å²) in [6.07, 6.45) is 0. The molecule has 0 radical (unpaired) electrons. The zero-order valence-corrected chi connectivity index (χ0v) is 12.6. The standard InChI is InChI=1S/C13H18BrNO3/c1-7(2)11-8(9(16)6-15)5-10(17-3)13(18-4)12(11)14/h5,7H,6,15H2,1-4H3. The number of methoxy groups -OCH3 is 2. The molecular weight excluding hydrogens is 298 g/mol. The summed E-state index contributed by atoms with van der Waals surface area (Å²) >= 11 is 3.48. The van der Waals surface area contributed by atoms with Gasteiger partial charge in [0.05, 0.1) is 25.2 Å². The van der Waals surface area contributed by atoms with E-state index in [1.54, 1.807) is 13.2 Å². The third-order valence-corrected chi connectivity index (χ3v) is 3.50. The van der Waals surface area contributed by atoms with Crippen molar-refractivity contribution >= 4 is 21.7 Å². The van der Waals surface area contributed by atoms with E-state index in [9.17, 15) is 4.79 Å². The second kappa shape index (κ2) is 6.20. The van der Waals surface area contributed by atoms with E-state index >= 15 is 0 Å². The van der Waals surface area contributed by atoms with Crippen LogP contribution in [0.4, 0.5) is 0 Å². The molecule has 0 fully saturated rings. The number of hydrogen-bond acceptors (Lipinski definition) is 4. The molecule has 0 amide bonds. The van der Waals surface area contributed by atoms with Gasteiger partial charge in [-0.2, -0.15) is 0 Å². The predicted octanol–water partition coefficient (Wildman–Crippen LogP) is 2.73. The summed E-state index contributed by atoms with van der Waals surface area (Å²) in [5.41, 5.74) is 6.92. The van der Waals surface area contributed by atoms with Crippen LogP contribution in [0.15, 0.2) is 10.5 Å². The summed E-state index contributed by atoms with van der Waals surface area (Å²) < 4.78 is 11.3. The van der Waals surface area contributed by atoms with Crippen molar-refractivity contribution in [3.63, 3.8) is 0 Å². The van der Waals surface area contributed by atoms with E-state index in [2.05, 4.69) is 15.9 Å². The lowest BCUT2D eigenvalue weighted by molar-refractivity contribution is 0.0999. The number of benzene rings is 1. The van der Waals surface area contributed by atoms with Crippen LogP contribution in [-0.2, 0) is 0 Å². The Balaban J connectivity index is 3.59. The summed E-state index contributed by atoms with van der Waals surface area (Å²) in [4.78, 5) is 11.9. The van der Waals surface area contributed by atoms with Crippen LogP contribution >= 0.6 is 15.9 Å². The van der Waals surface area contributed by atoms with Crippen LogP contribution in [0.1, 0.15) is 35.7 Å². The average Bonchev–Trinajstić information content (AvgIpc) is 2.35. The van der Waals surface area contributed by atoms with Gasteiger partial charge in [-0.3, -0.25) is 4.79 Å². The number of nitrogens with two attached hydrogens (primary N) is 1. The molecule has 4 nitrogen and oxygen atoms in total. The number of ether oxygens (including phenoxy) is 2. The Morgan fingerprint density at radius 2 is 2.00 bits per heavy atom. The third kappa shape index (κ3) is 2.67. The van der Waals surface area contributed by atoms with Crippen molar-refractivity contribution in [1.29, 1.82) is 0 Å². The lowest BCUT2D eigenvalue weighted by Crippen LogP contribution is -2.17. The first-order valence-electron chi connectivity index (χ1n) is 5.65. The summed E-state index contributed by atoms with van der Waals surface area (Å²) in [7, 11) is 3.10. The SMILES string of the molecule is COc1cc(C(=O)CN)c(C(C)C)c(Br)c1OC. The molecule has 0 bridgehead atoms. The molecule has 0 aromatic heterocycles. The minimum Gasteiger partial charge on any atom is -0.493 e. The van der Waals surface area contributed by atoms with Crippen molar-refractivity contribution in [2.45, 2.75) is 19.8 Å². The molecule has 100 valence electrons. The van der Waals surface area contributed by atoms with Crippen LogP contribution in [0.25, 0.3) is 0 Å². The number of carbonyl (C=O) groups excluding carboxylic acids is 1. The highest BCUT2D eigenvalue weighted by Gasteiger charge is 2.22. The highest BCUT2D eigenvalue weighted by molar-refractivity contribution is 9.10. The van der Waals surface area contributed by atoms with E-state index in [1.165, 1.54) is 7.11 Å². The molecule has 0 aliphatic heterocycles. The van der Waals surface area contributed by atoms with Crippen molar-refractivity contribution in [3.8, 4) is 11.5 Å². The van der Waals surface area contributed by atoms with Gasteiger partial charge in [-0.05, 0) is 33.5 Å². The number of ketones is 1. The second-order valence-electron chi connectivity index (χ2n) is 4.17. The monoisotopic (exact) mass is 315 g/mol. The Morgan fingerprint density at radius 3 is 2.39 bits per heavy atom. The Hall–Kier alpha value is -1.07. The Morgan fingerprint density at radius 1 is 1.39 bits per heavy atom. The fraction of sp³-hybridized carbons (Fsp3) is 0.462. The van der Waals surface area contributed by atoms with Crippen LogP contribution in [0.5, 0.6) is 11.5 Å². The first-order chi connectivity index (χ1) is 8.47. The van der Waals surface area contributed by atoms with Crippen molar-refractivity contribution < 1.29 is 14.3 Å². The first-order valence-corrected chi connectivity index (χ1v) is 6.44. The van der Waals surface area contributed by atoms with E-state index in [0.717, 1.165) is 10.0 Å². The molecular formula is C13H18BrNO3. The zero-order chi connectivity index (χ0) is 13.9. The maximum absolute atomic E-state index is 11.9. The van der Waals surface area contributed by atoms with E-state index < -0.39 is 0 Å². The molecule has 1 rings (SSSR count). The first kappa shape index (κ1) is 15.0. The summed E-state index contributed by atoms with van der Waals surface area (Å²) in [5, 5.41) is 0. The Kier molecular flexibility index (Phi) is 5.16. The summed E-state index contributed by atoms with van der Waals surface area (Å²) in [6.45, 7) is 4.00. The lowest BCUT2D eigenvalue weighted by Gasteiger charge is -2.19. The summed E-state index contributed by atoms with van der Waals surface area (Å²) in [5.74, 6) is 1.17. The Bertz CT molecular complexity index is 458. The molecule has 0 saturated carbocycles. The van der Waals surface area contributed by atoms with Gasteiger partial charge in [0.15, 0.2) is 17.3 Å². The highest BCUT2D eigenvalue weighted by atomic mass is 79.9. The van der Waals surface area contributed by atoms with Gasteiger partial charge in [-0.25, -0.2) is 0 Å². The fourth-order valence-corrected chi connectivity index (χ4v) is 2.90. The molecule has 1 aromatic rings. The van der Waals surface area contributed by atoms with E-state index in [1.807, 2.05) is 13.8 Å². The highest BCUT2D eigenvalue weighted by Crippen LogP contribution is 2.42. The van der Waals surface area contributed by atoms with Crippen LogP contribution in [0, 0.1) is 0 Å². The molecule has 18 heavy (non-hydrogen) atoms. The predicted molar refractivity (Wildman–Crippen MR) is 74.7 cm³/mol. The number of hydrogen-bond donors (Lipinski definition) is 1. The topological polar surface area (TPSA) is 61.5 Å². The number of halogens is 1. The second-order valence-corrected chi connectivity index (χ2v) is 4.96. The lowest BCUT2D eigenvalue weighted by atomic mass is 9.94. The van der Waals surface area contributed by atoms with Crippen LogP contribution in [0.3, 0.4) is 0 Å². The number of Topliss-reactive ketones (excluding diaryl/α,β-unsaturated/α-hetero) is 1. The third-order valence-electron chi connectivity index (χ3n) is 2.71. The molecule has 1 aromatic carbocycles. The maximum atomic E-state index is 11.9. The summed E-state index contributed by atoms with van der Waals surface area (Å²) in [6, 6.07) is 1.69. The van der Waals surface area contributed by atoms with Crippen molar-refractivity contribution in [2.24, 2.45) is 5.73 Å². The average molecular weight is 316 g/mol. The molecule has 0 spiro atoms. The minimum absolute atomic E-state index is 0.0261. The molecule has 0 aliphatic carbocycles.